The van der Waals surface area contributed by atoms with Crippen molar-refractivity contribution in [3.63, 3.8) is 0 Å². The van der Waals surface area contributed by atoms with E-state index in [4.69, 9.17) is 5.73 Å². The summed E-state index contributed by atoms with van der Waals surface area (Å²) >= 11 is 5.44. The number of hydrogen-bond donors (Lipinski definition) is 1. The van der Waals surface area contributed by atoms with Gasteiger partial charge in [-0.05, 0) is 51.5 Å². The molecule has 0 saturated carbocycles. The van der Waals surface area contributed by atoms with Crippen LogP contribution in [-0.2, 0) is 0 Å². The highest BCUT2D eigenvalue weighted by Crippen LogP contribution is 2.20. The van der Waals surface area contributed by atoms with Crippen molar-refractivity contribution >= 4 is 44.2 Å². The minimum atomic E-state index is 0.720. The molecule has 1 rings (SSSR count). The Hall–Kier alpha value is 0.160. The van der Waals surface area contributed by atoms with Crippen LogP contribution in [0.5, 0.6) is 0 Å². The predicted molar refractivity (Wildman–Crippen MR) is 53.8 cm³/mol. The van der Waals surface area contributed by atoms with E-state index in [-0.39, 0.29) is 0 Å². The Balaban J connectivity index is 3.28. The zero-order chi connectivity index (χ0) is 7.72. The first-order valence-electron chi connectivity index (χ1n) is 2.69. The molecular formula is C6H6BrIN2. The van der Waals surface area contributed by atoms with Gasteiger partial charge in [-0.1, -0.05) is 0 Å². The Labute approximate surface area is 81.5 Å². The number of nitrogens with zero attached hydrogens (tertiary/aromatic N) is 1. The Morgan fingerprint density at radius 2 is 2.30 bits per heavy atom. The summed E-state index contributed by atoms with van der Waals surface area (Å²) in [6.45, 7) is 1.94. The molecule has 1 aromatic rings. The van der Waals surface area contributed by atoms with E-state index in [9.17, 15) is 0 Å². The lowest BCUT2D eigenvalue weighted by Crippen LogP contribution is -1.94. The van der Waals surface area contributed by atoms with Gasteiger partial charge in [-0.25, -0.2) is 4.98 Å². The second-order valence-electron chi connectivity index (χ2n) is 1.94. The Kier molecular flexibility index (Phi) is 2.51. The topological polar surface area (TPSA) is 38.9 Å². The van der Waals surface area contributed by atoms with Crippen LogP contribution in [0.25, 0.3) is 0 Å². The lowest BCUT2D eigenvalue weighted by molar-refractivity contribution is 1.15. The van der Waals surface area contributed by atoms with Gasteiger partial charge in [-0.15, -0.1) is 0 Å². The molecule has 0 amide bonds. The van der Waals surface area contributed by atoms with Gasteiger partial charge in [0.15, 0.2) is 0 Å². The van der Waals surface area contributed by atoms with Crippen molar-refractivity contribution in [2.45, 2.75) is 6.92 Å². The summed E-state index contributed by atoms with van der Waals surface area (Å²) in [7, 11) is 0. The number of nitrogens with two attached hydrogens (primary N) is 1. The summed E-state index contributed by atoms with van der Waals surface area (Å²) < 4.78 is 1.82. The number of hydrogen-bond acceptors (Lipinski definition) is 2. The Morgan fingerprint density at radius 3 is 2.80 bits per heavy atom. The number of aryl methyl sites for hydroxylation is 1. The zero-order valence-corrected chi connectivity index (χ0v) is 9.10. The van der Waals surface area contributed by atoms with Gasteiger partial charge in [0.1, 0.15) is 3.70 Å². The number of nitrogen functional groups attached to an aromatic ring is 1. The molecule has 0 atom stereocenters. The van der Waals surface area contributed by atoms with E-state index >= 15 is 0 Å². The van der Waals surface area contributed by atoms with Crippen LogP contribution in [0.2, 0.25) is 0 Å². The molecule has 0 unspecified atom stereocenters. The van der Waals surface area contributed by atoms with Crippen LogP contribution in [0.1, 0.15) is 5.69 Å². The molecule has 0 aliphatic carbocycles. The largest absolute Gasteiger partial charge is 0.397 e. The average molecular weight is 313 g/mol. The van der Waals surface area contributed by atoms with Gasteiger partial charge in [-0.2, -0.15) is 0 Å². The van der Waals surface area contributed by atoms with E-state index in [0.717, 1.165) is 19.6 Å². The molecule has 1 heterocycles. The summed E-state index contributed by atoms with van der Waals surface area (Å²) in [5, 5.41) is 0. The number of pyridine rings is 1. The van der Waals surface area contributed by atoms with Crippen LogP contribution in [-0.4, -0.2) is 4.98 Å². The molecule has 0 spiro atoms. The fraction of sp³-hybridized carbons (Fsp3) is 0.167. The average Bonchev–Trinajstić information content (AvgIpc) is 1.84. The summed E-state index contributed by atoms with van der Waals surface area (Å²) in [6, 6.07) is 1.87. The molecule has 0 aliphatic heterocycles. The maximum atomic E-state index is 5.59. The van der Waals surface area contributed by atoms with Gasteiger partial charge in [0, 0.05) is 4.47 Å². The third-order valence-corrected chi connectivity index (χ3v) is 2.80. The minimum Gasteiger partial charge on any atom is -0.397 e. The summed E-state index contributed by atoms with van der Waals surface area (Å²) in [5.74, 6) is 0. The SMILES string of the molecule is Cc1nc(I)c(N)cc1Br. The predicted octanol–water partition coefficient (Wildman–Crippen LogP) is 2.34. The molecule has 10 heavy (non-hydrogen) atoms. The van der Waals surface area contributed by atoms with Crippen molar-refractivity contribution in [1.82, 2.24) is 4.98 Å². The van der Waals surface area contributed by atoms with E-state index in [1.54, 1.807) is 0 Å². The second-order valence-corrected chi connectivity index (χ2v) is 3.81. The molecule has 54 valence electrons. The lowest BCUT2D eigenvalue weighted by atomic mass is 10.3. The maximum absolute atomic E-state index is 5.59. The molecule has 0 fully saturated rings. The van der Waals surface area contributed by atoms with Crippen molar-refractivity contribution in [2.24, 2.45) is 0 Å². The highest BCUT2D eigenvalue weighted by Gasteiger charge is 2.00. The molecule has 0 radical (unpaired) electrons. The third-order valence-electron chi connectivity index (χ3n) is 1.13. The van der Waals surface area contributed by atoms with Crippen molar-refractivity contribution in [1.29, 1.82) is 0 Å². The first kappa shape index (κ1) is 8.26. The van der Waals surface area contributed by atoms with Gasteiger partial charge >= 0.3 is 0 Å². The number of rotatable bonds is 0. The number of halogens is 2. The normalized spacial score (nSPS) is 9.90. The highest BCUT2D eigenvalue weighted by atomic mass is 127. The van der Waals surface area contributed by atoms with Crippen LogP contribution in [0, 0.1) is 10.6 Å². The van der Waals surface area contributed by atoms with E-state index in [0.29, 0.717) is 0 Å². The summed E-state index contributed by atoms with van der Waals surface area (Å²) in [6.07, 6.45) is 0. The van der Waals surface area contributed by atoms with E-state index in [1.165, 1.54) is 0 Å². The van der Waals surface area contributed by atoms with Gasteiger partial charge < -0.3 is 5.73 Å². The minimum absolute atomic E-state index is 0.720. The Morgan fingerprint density at radius 1 is 1.70 bits per heavy atom. The van der Waals surface area contributed by atoms with Gasteiger partial charge in [0.25, 0.3) is 0 Å². The smallest absolute Gasteiger partial charge is 0.124 e. The summed E-state index contributed by atoms with van der Waals surface area (Å²) in [4.78, 5) is 4.19. The highest BCUT2D eigenvalue weighted by molar-refractivity contribution is 14.1. The molecule has 4 heteroatoms. The van der Waals surface area contributed by atoms with E-state index in [1.807, 2.05) is 13.0 Å². The van der Waals surface area contributed by atoms with Gasteiger partial charge in [0.05, 0.1) is 11.4 Å². The van der Waals surface area contributed by atoms with Gasteiger partial charge in [-0.3, -0.25) is 0 Å². The van der Waals surface area contributed by atoms with Crippen LogP contribution in [0.15, 0.2) is 10.5 Å². The van der Waals surface area contributed by atoms with Crippen LogP contribution in [0.3, 0.4) is 0 Å². The van der Waals surface area contributed by atoms with Gasteiger partial charge in [0.2, 0.25) is 0 Å². The first-order valence-corrected chi connectivity index (χ1v) is 4.56. The first-order chi connectivity index (χ1) is 4.61. The molecule has 0 saturated heterocycles. The Bertz CT molecular complexity index is 212. The quantitative estimate of drug-likeness (QED) is 0.590. The molecule has 0 bridgehead atoms. The molecule has 1 aromatic heterocycles. The third kappa shape index (κ3) is 1.60. The number of anilines is 1. The van der Waals surface area contributed by atoms with Crippen molar-refractivity contribution in [3.8, 4) is 0 Å². The van der Waals surface area contributed by atoms with Crippen LogP contribution in [0.4, 0.5) is 5.69 Å². The molecule has 0 aromatic carbocycles. The van der Waals surface area contributed by atoms with Crippen molar-refractivity contribution < 1.29 is 0 Å². The fourth-order valence-corrected chi connectivity index (χ4v) is 1.42. The second kappa shape index (κ2) is 3.04. The maximum Gasteiger partial charge on any atom is 0.124 e. The van der Waals surface area contributed by atoms with Crippen LogP contribution >= 0.6 is 38.5 Å². The fourth-order valence-electron chi connectivity index (χ4n) is 0.566. The van der Waals surface area contributed by atoms with Crippen molar-refractivity contribution in [3.05, 3.63) is 19.9 Å². The van der Waals surface area contributed by atoms with Crippen molar-refractivity contribution in [2.75, 3.05) is 5.73 Å². The van der Waals surface area contributed by atoms with Crippen LogP contribution < -0.4 is 5.73 Å². The lowest BCUT2D eigenvalue weighted by Gasteiger charge is -2.00. The molecule has 0 aliphatic rings. The van der Waals surface area contributed by atoms with E-state index in [2.05, 4.69) is 43.5 Å². The van der Waals surface area contributed by atoms with E-state index < -0.39 is 0 Å². The monoisotopic (exact) mass is 312 g/mol. The molecule has 2 nitrogen and oxygen atoms in total. The molecular weight excluding hydrogens is 307 g/mol. The zero-order valence-electron chi connectivity index (χ0n) is 5.36. The number of aromatic nitrogens is 1. The standard InChI is InChI=1S/C6H6BrIN2/c1-3-4(7)2-5(9)6(8)10-3/h2H,9H2,1H3. The molecule has 2 N–H and O–H groups in total. The summed E-state index contributed by atoms with van der Waals surface area (Å²) in [5.41, 5.74) is 7.28.